The van der Waals surface area contributed by atoms with Gasteiger partial charge in [0.15, 0.2) is 22.4 Å². The molecule has 10 atom stereocenters. The summed E-state index contributed by atoms with van der Waals surface area (Å²) in [6.45, 7) is 13.5. The molecular weight excluding hydrogens is 1400 g/mol. The Labute approximate surface area is 621 Å². The maximum absolute atomic E-state index is 15.2. The van der Waals surface area contributed by atoms with Gasteiger partial charge in [-0.05, 0) is 95.4 Å². The van der Waals surface area contributed by atoms with Gasteiger partial charge in [-0.1, -0.05) is 64.5 Å². The predicted octanol–water partition coefficient (Wildman–Crippen LogP) is 5.71. The Kier molecular flexibility index (Phi) is 25.0. The molecule has 1 aromatic heterocycles. The molecule has 31 heteroatoms. The molecule has 9 amide bonds. The quantitative estimate of drug-likeness (QED) is 0.0105. The van der Waals surface area contributed by atoms with Crippen LogP contribution in [0.5, 0.6) is 11.5 Å². The number of nitrogens with two attached hydrogens (primary N) is 1. The number of alkyl carbamates (subject to hydrolysis) is 1. The van der Waals surface area contributed by atoms with Gasteiger partial charge in [-0.2, -0.15) is 0 Å². The SMILES string of the molecule is CO[C@H]1/C=C/O[C@@]2(C)Oc3c(C)c(O)c4c(=O)c(c5oc6cc(N7CCC(NC(=O)OCc8ccc(NC(=O)[C@H](CCCNC(N)=O)NC(=O)C9(C(=O)NCCCCCN%10C(=O)C=CC%10=O)CCC9)cc8)CC7)cc(=O)c6nc5c4c3=C2O)NC(=O)/C(C)=C\C=C\[C@H](C)[C@H](O)[C@@H](C)[C@@H](O)[C@@H](C)[C@H](OC(C)=O)[C@@H]1C. The number of hydrogen-bond acceptors (Lipinski definition) is 23. The van der Waals surface area contributed by atoms with Gasteiger partial charge in [0.05, 0.1) is 35.2 Å². The van der Waals surface area contributed by atoms with Crippen molar-refractivity contribution in [2.24, 2.45) is 34.8 Å². The number of aliphatic hydroxyl groups is 3. The largest absolute Gasteiger partial charge is 0.507 e. The van der Waals surface area contributed by atoms with Crippen molar-refractivity contribution in [3.05, 3.63) is 121 Å². The van der Waals surface area contributed by atoms with Crippen molar-refractivity contribution in [2.75, 3.05) is 55.4 Å². The molecule has 1 saturated heterocycles. The first-order valence-corrected chi connectivity index (χ1v) is 36.2. The monoisotopic (exact) mass is 1490 g/mol. The lowest BCUT2D eigenvalue weighted by Gasteiger charge is -2.39. The molecular formula is C77H94N10O21. The zero-order valence-electron chi connectivity index (χ0n) is 61.7. The van der Waals surface area contributed by atoms with Gasteiger partial charge in [-0.3, -0.25) is 48.1 Å². The summed E-state index contributed by atoms with van der Waals surface area (Å²) in [4.78, 5) is 154. The van der Waals surface area contributed by atoms with E-state index >= 15 is 4.79 Å². The number of phenols is 1. The van der Waals surface area contributed by atoms with Gasteiger partial charge in [0, 0.05) is 136 Å². The molecule has 578 valence electrons. The molecule has 10 rings (SSSR count). The van der Waals surface area contributed by atoms with Crippen LogP contribution in [0.15, 0.2) is 98.7 Å². The van der Waals surface area contributed by atoms with Crippen molar-refractivity contribution in [1.29, 1.82) is 0 Å². The number of nitrogens with zero attached hydrogens (tertiary/aromatic N) is 3. The number of nitrogens with one attached hydrogen (secondary N) is 6. The Balaban J connectivity index is 0.824. The average Bonchev–Trinajstić information content (AvgIpc) is 0.923. The van der Waals surface area contributed by atoms with Gasteiger partial charge in [0.2, 0.25) is 28.6 Å². The molecule has 1 aliphatic carbocycles. The minimum absolute atomic E-state index is 0.00917. The standard InChI is InChI=1S/C77H94N10O21/c1-39-16-13-17-40(2)70(97)85-61-65(95)57-56(58-67(44(6)64(57)94)108-76(8,69(58)96)105-35-27-52(103-9)41(3)66(106-45(7)88)43(5)63(93)42(4)62(39)92)60-68(61)107-53-37-49(36-51(89)59(53)84-60)86-33-25-48(26-34-86)82-75(102)104-38-46-19-21-47(22-20-46)81-71(98)50(18-14-31-80-74(78)101)83-73(100)77(28-15-29-77)72(99)79-30-11-10-12-32-87-54(90)23-24-55(87)91/h13,16-17,19-24,27,35-37,39,41-43,48,50,52,62-63,66,92-94,96H,10-12,14-15,18,25-26,28-34,38H2,1-9H3,(H,79,99)(H,81,98)(H,82,102)(H,83,100)(H,85,97)(H3,78,80,101)/b16-13+,35-27+,40-17-/t39-,41+,42+,43+,50-,52-,62-,63+,66+,76-/m0/s1. The van der Waals surface area contributed by atoms with Crippen LogP contribution in [0, 0.1) is 36.0 Å². The lowest BCUT2D eigenvalue weighted by molar-refractivity contribution is -0.160. The van der Waals surface area contributed by atoms with E-state index in [1.165, 1.54) is 77.5 Å². The van der Waals surface area contributed by atoms with Crippen LogP contribution >= 0.6 is 0 Å². The van der Waals surface area contributed by atoms with E-state index in [4.69, 9.17) is 38.8 Å². The third-order valence-electron chi connectivity index (χ3n) is 21.1. The number of fused-ring (bicyclic) bond motifs is 2. The van der Waals surface area contributed by atoms with Gasteiger partial charge < -0.3 is 91.1 Å². The zero-order valence-corrected chi connectivity index (χ0v) is 61.7. The lowest BCUT2D eigenvalue weighted by Crippen LogP contribution is -2.58. The Morgan fingerprint density at radius 1 is 0.833 bits per heavy atom. The summed E-state index contributed by atoms with van der Waals surface area (Å²) in [5, 5.41) is 63.4. The number of carbonyl (C=O) groups excluding carboxylic acids is 9. The fraction of sp³-hybridized carbons (Fsp3) is 0.481. The van der Waals surface area contributed by atoms with Crippen LogP contribution in [-0.2, 0) is 59.1 Å². The maximum atomic E-state index is 15.2. The highest BCUT2D eigenvalue weighted by atomic mass is 16.7. The number of imide groups is 1. The average molecular weight is 1500 g/mol. The Morgan fingerprint density at radius 3 is 2.19 bits per heavy atom. The number of esters is 1. The predicted molar refractivity (Wildman–Crippen MR) is 396 cm³/mol. The second kappa shape index (κ2) is 33.9. The summed E-state index contributed by atoms with van der Waals surface area (Å²) >= 11 is 0. The van der Waals surface area contributed by atoms with Gasteiger partial charge in [-0.25, -0.2) is 14.6 Å². The first-order chi connectivity index (χ1) is 51.4. The Hall–Kier alpha value is -10.9. The number of unbranched alkanes of at least 4 members (excludes halogenated alkanes) is 2. The molecule has 31 nitrogen and oxygen atoms in total. The highest BCUT2D eigenvalue weighted by molar-refractivity contribution is 6.17. The number of anilines is 3. The highest BCUT2D eigenvalue weighted by Crippen LogP contribution is 2.44. The fourth-order valence-electron chi connectivity index (χ4n) is 14.4. The number of carbonyl (C=O) groups is 9. The summed E-state index contributed by atoms with van der Waals surface area (Å²) < 4.78 is 36.3. The van der Waals surface area contributed by atoms with Crippen molar-refractivity contribution in [2.45, 2.75) is 168 Å². The molecule has 1 saturated carbocycles. The van der Waals surface area contributed by atoms with Gasteiger partial charge >= 0.3 is 23.9 Å². The number of rotatable bonds is 21. The number of allylic oxidation sites excluding steroid dienone is 2. The smallest absolute Gasteiger partial charge is 0.407 e. The molecule has 5 aromatic rings. The number of phenolic OH excluding ortho intramolecular Hbond substituents is 1. The van der Waals surface area contributed by atoms with Crippen LogP contribution in [0.1, 0.15) is 124 Å². The highest BCUT2D eigenvalue weighted by Gasteiger charge is 2.52. The van der Waals surface area contributed by atoms with Crippen LogP contribution in [-0.4, -0.2) is 166 Å². The second-order valence-electron chi connectivity index (χ2n) is 28.6. The lowest BCUT2D eigenvalue weighted by atomic mass is 9.67. The molecule has 108 heavy (non-hydrogen) atoms. The molecule has 4 bridgehead atoms. The topological polar surface area (TPSA) is 446 Å². The van der Waals surface area contributed by atoms with E-state index in [2.05, 4.69) is 31.9 Å². The Morgan fingerprint density at radius 2 is 1.53 bits per heavy atom. The number of primary amides is 1. The van der Waals surface area contributed by atoms with Gasteiger partial charge in [0.25, 0.3) is 17.7 Å². The molecule has 4 aliphatic heterocycles. The van der Waals surface area contributed by atoms with E-state index in [0.717, 1.165) is 4.90 Å². The first kappa shape index (κ1) is 79.6. The number of ether oxygens (including phenoxy) is 5. The molecule has 4 aromatic carbocycles. The molecule has 2 fully saturated rings. The van der Waals surface area contributed by atoms with Crippen LogP contribution in [0.2, 0.25) is 0 Å². The van der Waals surface area contributed by atoms with E-state index in [1.54, 1.807) is 64.1 Å². The van der Waals surface area contributed by atoms with Crippen molar-refractivity contribution in [3.63, 3.8) is 0 Å². The number of aromatic nitrogens is 1. The number of piperidine rings is 1. The molecule has 12 N–H and O–H groups in total. The van der Waals surface area contributed by atoms with Crippen LogP contribution in [0.4, 0.5) is 26.7 Å². The van der Waals surface area contributed by atoms with Crippen molar-refractivity contribution in [3.8, 4) is 11.5 Å². The normalized spacial score (nSPS) is 24.6. The van der Waals surface area contributed by atoms with Crippen molar-refractivity contribution < 1.29 is 91.7 Å². The first-order valence-electron chi connectivity index (χ1n) is 36.2. The Bertz CT molecular complexity index is 4640. The minimum atomic E-state index is -2.07. The van der Waals surface area contributed by atoms with E-state index < -0.39 is 140 Å². The summed E-state index contributed by atoms with van der Waals surface area (Å²) in [7, 11) is 1.42. The maximum Gasteiger partial charge on any atom is 0.407 e. The van der Waals surface area contributed by atoms with E-state index in [-0.39, 0.29) is 119 Å². The van der Waals surface area contributed by atoms with E-state index in [0.29, 0.717) is 68.6 Å². The number of aromatic hydroxyl groups is 1. The van der Waals surface area contributed by atoms with E-state index in [9.17, 15) is 68.4 Å². The fourth-order valence-corrected chi connectivity index (χ4v) is 14.4. The van der Waals surface area contributed by atoms with Crippen molar-refractivity contribution >= 4 is 109 Å². The van der Waals surface area contributed by atoms with Gasteiger partial charge in [-0.15, -0.1) is 0 Å². The minimum Gasteiger partial charge on any atom is -0.507 e. The molecule has 5 heterocycles. The summed E-state index contributed by atoms with van der Waals surface area (Å²) in [5.74, 6) is -9.99. The number of aliphatic hydroxyl groups excluding tert-OH is 3. The summed E-state index contributed by atoms with van der Waals surface area (Å²) in [6, 6.07) is 7.10. The second-order valence-corrected chi connectivity index (χ2v) is 28.6. The van der Waals surface area contributed by atoms with E-state index in [1.807, 2.05) is 4.90 Å². The molecule has 5 aliphatic rings. The number of benzene rings is 4. The van der Waals surface area contributed by atoms with Crippen LogP contribution in [0.3, 0.4) is 0 Å². The zero-order chi connectivity index (χ0) is 78.2. The van der Waals surface area contributed by atoms with Crippen molar-refractivity contribution in [1.82, 2.24) is 31.2 Å². The van der Waals surface area contributed by atoms with Gasteiger partial charge in [0.1, 0.15) is 46.9 Å². The molecule has 0 spiro atoms. The summed E-state index contributed by atoms with van der Waals surface area (Å²) in [5.41, 5.74) is 2.27. The molecule has 0 unspecified atom stereocenters. The molecule has 0 radical (unpaired) electrons. The van der Waals surface area contributed by atoms with Crippen LogP contribution < -0.4 is 63.3 Å². The van der Waals surface area contributed by atoms with Crippen LogP contribution in [0.25, 0.3) is 38.7 Å². The summed E-state index contributed by atoms with van der Waals surface area (Å²) in [6.07, 6.45) is 8.83. The number of methoxy groups -OCH3 is 1. The number of urea groups is 1. The number of hydrogen-bond donors (Lipinski definition) is 11. The third-order valence-corrected chi connectivity index (χ3v) is 21.1. The third kappa shape index (κ3) is 17.2. The number of amides is 9.